The van der Waals surface area contributed by atoms with Gasteiger partial charge in [-0.1, -0.05) is 29.3 Å². The fraction of sp³-hybridized carbons (Fsp3) is 0.0909. The van der Waals surface area contributed by atoms with E-state index in [1.807, 2.05) is 5.32 Å². The number of ether oxygens (including phenoxy) is 1. The summed E-state index contributed by atoms with van der Waals surface area (Å²) in [4.78, 5) is 24.4. The second-order valence-electron chi connectivity index (χ2n) is 6.81. The van der Waals surface area contributed by atoms with Crippen LogP contribution in [0.4, 0.5) is 19.3 Å². The van der Waals surface area contributed by atoms with E-state index < -0.39 is 29.1 Å². The highest BCUT2D eigenvalue weighted by molar-refractivity contribution is 9.11. The standard InChI is InChI=1S/C22H14Br2Cl2F2N2O3/c1-9-6-16(29-22(32)30-21(31)18-14(27)4-3-5-15(18)28)10(2)19(26)20(9)33-17-8-11(23)13(25)7-12(17)24/h3-8H,1-2H3,(H2,29,30,31,32). The van der Waals surface area contributed by atoms with E-state index in [2.05, 4.69) is 37.2 Å². The predicted octanol–water partition coefficient (Wildman–Crippen LogP) is 8.17. The van der Waals surface area contributed by atoms with Gasteiger partial charge < -0.3 is 10.1 Å². The monoisotopic (exact) mass is 620 g/mol. The van der Waals surface area contributed by atoms with E-state index >= 15 is 0 Å². The molecule has 5 nitrogen and oxygen atoms in total. The Morgan fingerprint density at radius 1 is 1.00 bits per heavy atom. The lowest BCUT2D eigenvalue weighted by molar-refractivity contribution is 0.0959. The van der Waals surface area contributed by atoms with Crippen molar-refractivity contribution in [1.29, 1.82) is 0 Å². The van der Waals surface area contributed by atoms with Crippen LogP contribution in [0.25, 0.3) is 0 Å². The number of carbonyl (C=O) groups is 2. The lowest BCUT2D eigenvalue weighted by Gasteiger charge is -2.17. The van der Waals surface area contributed by atoms with Crippen molar-refractivity contribution >= 4 is 72.7 Å². The van der Waals surface area contributed by atoms with Crippen LogP contribution in [0, 0.1) is 25.5 Å². The van der Waals surface area contributed by atoms with Gasteiger partial charge >= 0.3 is 6.03 Å². The molecule has 11 heteroatoms. The Balaban J connectivity index is 1.82. The number of hydrogen-bond acceptors (Lipinski definition) is 3. The Morgan fingerprint density at radius 3 is 2.27 bits per heavy atom. The third-order valence-corrected chi connectivity index (χ3v) is 6.78. The highest BCUT2D eigenvalue weighted by Gasteiger charge is 2.21. The average molecular weight is 623 g/mol. The highest BCUT2D eigenvalue weighted by Crippen LogP contribution is 2.42. The molecule has 0 saturated carbocycles. The van der Waals surface area contributed by atoms with Crippen LogP contribution in [0.3, 0.4) is 0 Å². The Kier molecular flexibility index (Phi) is 8.00. The molecule has 0 unspecified atom stereocenters. The SMILES string of the molecule is Cc1cc(NC(=O)NC(=O)c2c(F)cccc2F)c(C)c(Cl)c1Oc1cc(Br)c(Cl)cc1Br. The van der Waals surface area contributed by atoms with Gasteiger partial charge in [0.2, 0.25) is 0 Å². The van der Waals surface area contributed by atoms with Crippen LogP contribution >= 0.6 is 55.1 Å². The van der Waals surface area contributed by atoms with Gasteiger partial charge in [0, 0.05) is 10.2 Å². The molecular formula is C22H14Br2Cl2F2N2O3. The van der Waals surface area contributed by atoms with Crippen LogP contribution in [0.15, 0.2) is 45.3 Å². The molecule has 0 aliphatic rings. The van der Waals surface area contributed by atoms with Gasteiger partial charge in [0.15, 0.2) is 0 Å². The molecule has 0 bridgehead atoms. The summed E-state index contributed by atoms with van der Waals surface area (Å²) in [6.07, 6.45) is 0. The number of carbonyl (C=O) groups excluding carboxylic acids is 2. The predicted molar refractivity (Wildman–Crippen MR) is 131 cm³/mol. The second kappa shape index (κ2) is 10.4. The van der Waals surface area contributed by atoms with Crippen molar-refractivity contribution in [1.82, 2.24) is 5.32 Å². The fourth-order valence-electron chi connectivity index (χ4n) is 2.83. The zero-order chi connectivity index (χ0) is 24.4. The van der Waals surface area contributed by atoms with E-state index in [1.54, 1.807) is 32.0 Å². The first-order valence-corrected chi connectivity index (χ1v) is 11.5. The maximum absolute atomic E-state index is 13.8. The summed E-state index contributed by atoms with van der Waals surface area (Å²) in [5, 5.41) is 5.07. The number of amides is 3. The van der Waals surface area contributed by atoms with Gasteiger partial charge in [-0.05, 0) is 87.2 Å². The van der Waals surface area contributed by atoms with Gasteiger partial charge in [-0.2, -0.15) is 0 Å². The van der Waals surface area contributed by atoms with Crippen molar-refractivity contribution in [3.05, 3.63) is 83.7 Å². The smallest absolute Gasteiger partial charge is 0.326 e. The van der Waals surface area contributed by atoms with Gasteiger partial charge in [-0.15, -0.1) is 0 Å². The van der Waals surface area contributed by atoms with Crippen LogP contribution < -0.4 is 15.4 Å². The zero-order valence-corrected chi connectivity index (χ0v) is 21.6. The van der Waals surface area contributed by atoms with Crippen LogP contribution in [0.1, 0.15) is 21.5 Å². The van der Waals surface area contributed by atoms with Crippen LogP contribution in [-0.2, 0) is 0 Å². The van der Waals surface area contributed by atoms with Crippen molar-refractivity contribution in [2.24, 2.45) is 0 Å². The Labute approximate surface area is 214 Å². The lowest BCUT2D eigenvalue weighted by Crippen LogP contribution is -2.35. The Morgan fingerprint density at radius 2 is 1.64 bits per heavy atom. The first-order chi connectivity index (χ1) is 15.5. The summed E-state index contributed by atoms with van der Waals surface area (Å²) < 4.78 is 34.7. The minimum atomic E-state index is -1.22. The summed E-state index contributed by atoms with van der Waals surface area (Å²) in [5.74, 6) is -2.60. The van der Waals surface area contributed by atoms with Crippen LogP contribution in [-0.4, -0.2) is 11.9 Å². The normalized spacial score (nSPS) is 10.7. The quantitative estimate of drug-likeness (QED) is 0.289. The molecule has 3 amide bonds. The number of imide groups is 1. The first-order valence-electron chi connectivity index (χ1n) is 9.18. The number of aryl methyl sites for hydroxylation is 1. The van der Waals surface area contributed by atoms with Crippen LogP contribution in [0.2, 0.25) is 10.0 Å². The van der Waals surface area contributed by atoms with E-state index in [9.17, 15) is 18.4 Å². The third kappa shape index (κ3) is 5.66. The molecule has 0 spiro atoms. The summed E-state index contributed by atoms with van der Waals surface area (Å²) in [6.45, 7) is 3.35. The molecule has 3 aromatic carbocycles. The largest absolute Gasteiger partial charge is 0.454 e. The molecule has 0 radical (unpaired) electrons. The topological polar surface area (TPSA) is 67.4 Å². The third-order valence-electron chi connectivity index (χ3n) is 4.50. The van der Waals surface area contributed by atoms with Crippen molar-refractivity contribution in [2.75, 3.05) is 5.32 Å². The van der Waals surface area contributed by atoms with E-state index in [0.717, 1.165) is 18.2 Å². The number of anilines is 1. The number of halogens is 6. The molecule has 172 valence electrons. The van der Waals surface area contributed by atoms with Gasteiger partial charge in [0.1, 0.15) is 28.7 Å². The minimum absolute atomic E-state index is 0.217. The van der Waals surface area contributed by atoms with E-state index in [-0.39, 0.29) is 10.7 Å². The molecule has 33 heavy (non-hydrogen) atoms. The summed E-state index contributed by atoms with van der Waals surface area (Å²) >= 11 is 19.3. The zero-order valence-electron chi connectivity index (χ0n) is 17.0. The molecule has 0 aliphatic heterocycles. The highest BCUT2D eigenvalue weighted by atomic mass is 79.9. The van der Waals surface area contributed by atoms with Crippen molar-refractivity contribution in [3.63, 3.8) is 0 Å². The molecule has 2 N–H and O–H groups in total. The van der Waals surface area contributed by atoms with Crippen molar-refractivity contribution < 1.29 is 23.1 Å². The van der Waals surface area contributed by atoms with Gasteiger partial charge in [0.25, 0.3) is 5.91 Å². The first kappa shape index (κ1) is 25.4. The summed E-state index contributed by atoms with van der Waals surface area (Å²) in [5.41, 5.74) is 0.439. The molecule has 0 heterocycles. The Bertz CT molecular complexity index is 1270. The maximum atomic E-state index is 13.8. The van der Waals surface area contributed by atoms with E-state index in [4.69, 9.17) is 27.9 Å². The lowest BCUT2D eigenvalue weighted by atomic mass is 10.1. The molecule has 0 fully saturated rings. The molecule has 0 aliphatic carbocycles. The van der Waals surface area contributed by atoms with E-state index in [1.165, 1.54) is 0 Å². The number of hydrogen-bond donors (Lipinski definition) is 2. The second-order valence-corrected chi connectivity index (χ2v) is 9.31. The number of rotatable bonds is 4. The molecular weight excluding hydrogens is 609 g/mol. The van der Waals surface area contributed by atoms with Gasteiger partial charge in [-0.25, -0.2) is 13.6 Å². The average Bonchev–Trinajstić information content (AvgIpc) is 2.72. The molecule has 3 rings (SSSR count). The molecule has 0 aromatic heterocycles. The number of urea groups is 1. The fourth-order valence-corrected chi connectivity index (χ4v) is 4.17. The van der Waals surface area contributed by atoms with Crippen molar-refractivity contribution in [2.45, 2.75) is 13.8 Å². The number of benzene rings is 3. The molecule has 0 atom stereocenters. The molecule has 0 saturated heterocycles. The van der Waals surface area contributed by atoms with Crippen molar-refractivity contribution in [3.8, 4) is 11.5 Å². The summed E-state index contributed by atoms with van der Waals surface area (Å²) in [7, 11) is 0. The van der Waals surface area contributed by atoms with E-state index in [0.29, 0.717) is 36.6 Å². The number of nitrogens with one attached hydrogen (secondary N) is 2. The van der Waals surface area contributed by atoms with Gasteiger partial charge in [-0.3, -0.25) is 10.1 Å². The minimum Gasteiger partial charge on any atom is -0.454 e. The van der Waals surface area contributed by atoms with Crippen LogP contribution in [0.5, 0.6) is 11.5 Å². The Hall–Kier alpha value is -2.20. The molecule has 3 aromatic rings. The summed E-state index contributed by atoms with van der Waals surface area (Å²) in [6, 6.07) is 6.87. The maximum Gasteiger partial charge on any atom is 0.326 e. The van der Waals surface area contributed by atoms with Gasteiger partial charge in [0.05, 0.1) is 14.5 Å².